The first kappa shape index (κ1) is 15.3. The van der Waals surface area contributed by atoms with E-state index >= 15 is 0 Å². The van der Waals surface area contributed by atoms with Gasteiger partial charge in [0.05, 0.1) is 24.3 Å². The van der Waals surface area contributed by atoms with Gasteiger partial charge < -0.3 is 15.2 Å². The van der Waals surface area contributed by atoms with E-state index in [1.807, 2.05) is 6.07 Å². The van der Waals surface area contributed by atoms with Gasteiger partial charge in [0.25, 0.3) is 0 Å². The molecular weight excluding hydrogens is 306 g/mol. The quantitative estimate of drug-likeness (QED) is 0.763. The number of anilines is 2. The Morgan fingerprint density at radius 1 is 1.25 bits per heavy atom. The molecule has 1 aromatic heterocycles. The minimum absolute atomic E-state index is 0.0510. The summed E-state index contributed by atoms with van der Waals surface area (Å²) < 4.78 is 5.18. The number of rotatable bonds is 4. The molecule has 3 aromatic rings. The Labute approximate surface area is 137 Å². The van der Waals surface area contributed by atoms with Crippen molar-refractivity contribution in [2.24, 2.45) is 0 Å². The summed E-state index contributed by atoms with van der Waals surface area (Å²) in [4.78, 5) is 15.9. The van der Waals surface area contributed by atoms with E-state index in [1.165, 1.54) is 0 Å². The molecule has 118 valence electrons. The van der Waals surface area contributed by atoms with Crippen LogP contribution in [0.15, 0.2) is 48.5 Å². The third-order valence-electron chi connectivity index (χ3n) is 3.51. The van der Waals surface area contributed by atoms with Gasteiger partial charge in [0.1, 0.15) is 17.1 Å². The summed E-state index contributed by atoms with van der Waals surface area (Å²) in [5.41, 5.74) is 1.72. The zero-order chi connectivity index (χ0) is 17.1. The predicted molar refractivity (Wildman–Crippen MR) is 89.7 cm³/mol. The van der Waals surface area contributed by atoms with Crippen LogP contribution in [-0.2, 0) is 0 Å². The lowest BCUT2D eigenvalue weighted by Gasteiger charge is -2.11. The molecule has 0 bridgehead atoms. The fourth-order valence-electron chi connectivity index (χ4n) is 2.34. The van der Waals surface area contributed by atoms with E-state index in [2.05, 4.69) is 10.3 Å². The number of aromatic nitrogens is 1. The van der Waals surface area contributed by atoms with Crippen LogP contribution in [0.1, 0.15) is 15.9 Å². The number of methoxy groups -OCH3 is 1. The molecule has 3 rings (SSSR count). The fraction of sp³-hybridized carbons (Fsp3) is 0.0556. The number of nitrogens with one attached hydrogen (secondary N) is 1. The summed E-state index contributed by atoms with van der Waals surface area (Å²) in [5.74, 6) is -0.243. The maximum atomic E-state index is 11.5. The van der Waals surface area contributed by atoms with Gasteiger partial charge in [0.2, 0.25) is 0 Å². The molecule has 6 heteroatoms. The van der Waals surface area contributed by atoms with Crippen molar-refractivity contribution >= 4 is 28.4 Å². The molecule has 24 heavy (non-hydrogen) atoms. The Morgan fingerprint density at radius 3 is 2.79 bits per heavy atom. The molecule has 6 nitrogen and oxygen atoms in total. The van der Waals surface area contributed by atoms with Crippen molar-refractivity contribution < 1.29 is 14.6 Å². The number of hydrogen-bond donors (Lipinski definition) is 2. The topological polar surface area (TPSA) is 95.2 Å². The van der Waals surface area contributed by atoms with Crippen molar-refractivity contribution in [1.29, 1.82) is 5.26 Å². The molecule has 0 radical (unpaired) electrons. The molecule has 0 spiro atoms. The number of carbonyl (C=O) groups is 1. The van der Waals surface area contributed by atoms with Gasteiger partial charge in [-0.2, -0.15) is 5.26 Å². The summed E-state index contributed by atoms with van der Waals surface area (Å²) in [6.07, 6.45) is 0. The Kier molecular flexibility index (Phi) is 4.00. The van der Waals surface area contributed by atoms with Crippen LogP contribution in [0.2, 0.25) is 0 Å². The Balaban J connectivity index is 2.11. The van der Waals surface area contributed by atoms with E-state index in [1.54, 1.807) is 55.6 Å². The highest BCUT2D eigenvalue weighted by atomic mass is 16.5. The normalized spacial score (nSPS) is 10.2. The van der Waals surface area contributed by atoms with E-state index in [4.69, 9.17) is 10.00 Å². The molecule has 2 N–H and O–H groups in total. The van der Waals surface area contributed by atoms with E-state index in [0.717, 1.165) is 0 Å². The second kappa shape index (κ2) is 6.26. The fourth-order valence-corrected chi connectivity index (χ4v) is 2.34. The number of fused-ring (bicyclic) bond motifs is 1. The minimum Gasteiger partial charge on any atom is -0.497 e. The van der Waals surface area contributed by atoms with E-state index in [-0.39, 0.29) is 11.4 Å². The number of hydrogen-bond acceptors (Lipinski definition) is 5. The smallest absolute Gasteiger partial charge is 0.339 e. The first-order valence-corrected chi connectivity index (χ1v) is 7.10. The van der Waals surface area contributed by atoms with Crippen LogP contribution in [0.5, 0.6) is 5.75 Å². The summed E-state index contributed by atoms with van der Waals surface area (Å²) in [5, 5.41) is 22.1. The molecule has 0 atom stereocenters. The average molecular weight is 319 g/mol. The largest absolute Gasteiger partial charge is 0.497 e. The van der Waals surface area contributed by atoms with Gasteiger partial charge in [-0.3, -0.25) is 0 Å². The molecular formula is C18H13N3O3. The predicted octanol–water partition coefficient (Wildman–Crippen LogP) is 3.56. The number of pyridine rings is 1. The maximum absolute atomic E-state index is 11.5. The van der Waals surface area contributed by atoms with Crippen molar-refractivity contribution in [1.82, 2.24) is 4.98 Å². The highest BCUT2D eigenvalue weighted by Gasteiger charge is 2.14. The van der Waals surface area contributed by atoms with Crippen molar-refractivity contribution in [2.45, 2.75) is 0 Å². The van der Waals surface area contributed by atoms with Crippen molar-refractivity contribution in [3.05, 3.63) is 59.7 Å². The van der Waals surface area contributed by atoms with Crippen LogP contribution in [-0.4, -0.2) is 23.2 Å². The van der Waals surface area contributed by atoms with Crippen LogP contribution in [0.3, 0.4) is 0 Å². The van der Waals surface area contributed by atoms with Gasteiger partial charge in [-0.15, -0.1) is 0 Å². The van der Waals surface area contributed by atoms with Gasteiger partial charge >= 0.3 is 5.97 Å². The zero-order valence-electron chi connectivity index (χ0n) is 12.8. The molecule has 0 amide bonds. The van der Waals surface area contributed by atoms with Gasteiger partial charge in [-0.1, -0.05) is 6.07 Å². The molecule has 0 fully saturated rings. The second-order valence-corrected chi connectivity index (χ2v) is 5.07. The number of carboxylic acids is 1. The standard InChI is InChI=1S/C18H13N3O3/c1-24-14-6-5-12-8-15(18(22)23)17(21-16(12)9-14)20-13-4-2-3-11(7-13)10-19/h2-9H,1H3,(H,20,21)(H,22,23). The van der Waals surface area contributed by atoms with Crippen molar-refractivity contribution in [2.75, 3.05) is 12.4 Å². The molecule has 0 saturated heterocycles. The Morgan fingerprint density at radius 2 is 2.08 bits per heavy atom. The first-order chi connectivity index (χ1) is 11.6. The summed E-state index contributed by atoms with van der Waals surface area (Å²) >= 11 is 0. The molecule has 1 heterocycles. The van der Waals surface area contributed by atoms with Gasteiger partial charge in [0, 0.05) is 17.1 Å². The second-order valence-electron chi connectivity index (χ2n) is 5.07. The minimum atomic E-state index is -1.08. The SMILES string of the molecule is COc1ccc2cc(C(=O)O)c(Nc3cccc(C#N)c3)nc2c1. The molecule has 0 unspecified atom stereocenters. The van der Waals surface area contributed by atoms with Gasteiger partial charge in [-0.25, -0.2) is 9.78 Å². The molecule has 0 aliphatic heterocycles. The van der Waals surface area contributed by atoms with Crippen LogP contribution in [0.25, 0.3) is 10.9 Å². The number of aromatic carboxylic acids is 1. The summed E-state index contributed by atoms with van der Waals surface area (Å²) in [6.45, 7) is 0. The number of ether oxygens (including phenoxy) is 1. The highest BCUT2D eigenvalue weighted by Crippen LogP contribution is 2.26. The highest BCUT2D eigenvalue weighted by molar-refractivity contribution is 5.99. The summed E-state index contributed by atoms with van der Waals surface area (Å²) in [6, 6.07) is 15.6. The first-order valence-electron chi connectivity index (χ1n) is 7.10. The number of nitrogens with zero attached hydrogens (tertiary/aromatic N) is 2. The van der Waals surface area contributed by atoms with Gasteiger partial charge in [-0.05, 0) is 36.4 Å². The molecule has 0 aliphatic carbocycles. The zero-order valence-corrected chi connectivity index (χ0v) is 12.8. The third-order valence-corrected chi connectivity index (χ3v) is 3.51. The van der Waals surface area contributed by atoms with E-state index in [9.17, 15) is 9.90 Å². The van der Waals surface area contributed by atoms with Crippen LogP contribution >= 0.6 is 0 Å². The van der Waals surface area contributed by atoms with Crippen LogP contribution < -0.4 is 10.1 Å². The number of benzene rings is 2. The molecule has 0 aliphatic rings. The number of nitriles is 1. The molecule has 2 aromatic carbocycles. The van der Waals surface area contributed by atoms with Crippen molar-refractivity contribution in [3.63, 3.8) is 0 Å². The van der Waals surface area contributed by atoms with Gasteiger partial charge in [0.15, 0.2) is 0 Å². The average Bonchev–Trinajstić information content (AvgIpc) is 2.60. The molecule has 0 saturated carbocycles. The van der Waals surface area contributed by atoms with E-state index in [0.29, 0.717) is 27.9 Å². The van der Waals surface area contributed by atoms with Crippen molar-refractivity contribution in [3.8, 4) is 11.8 Å². The lowest BCUT2D eigenvalue weighted by Crippen LogP contribution is -2.05. The van der Waals surface area contributed by atoms with Crippen LogP contribution in [0, 0.1) is 11.3 Å². The Bertz CT molecular complexity index is 977. The van der Waals surface area contributed by atoms with Crippen LogP contribution in [0.4, 0.5) is 11.5 Å². The summed E-state index contributed by atoms with van der Waals surface area (Å²) in [7, 11) is 1.55. The lowest BCUT2D eigenvalue weighted by molar-refractivity contribution is 0.0698. The van der Waals surface area contributed by atoms with E-state index < -0.39 is 5.97 Å². The Hall–Kier alpha value is -3.59. The number of carboxylic acid groups (broad SMARTS) is 1. The lowest BCUT2D eigenvalue weighted by atomic mass is 10.1. The third kappa shape index (κ3) is 2.96. The monoisotopic (exact) mass is 319 g/mol. The maximum Gasteiger partial charge on any atom is 0.339 e.